The average molecular weight is 711 g/mol. The number of benzene rings is 2. The van der Waals surface area contributed by atoms with Crippen LogP contribution in [0, 0.1) is 5.82 Å². The van der Waals surface area contributed by atoms with Crippen LogP contribution in [-0.2, 0) is 5.41 Å². The molecular weight excluding hydrogens is 663 g/mol. The summed E-state index contributed by atoms with van der Waals surface area (Å²) in [7, 11) is 0. The summed E-state index contributed by atoms with van der Waals surface area (Å²) < 4.78 is 30.8. The Morgan fingerprint density at radius 1 is 0.962 bits per heavy atom. The van der Waals surface area contributed by atoms with Crippen molar-refractivity contribution >= 4 is 23.4 Å². The van der Waals surface area contributed by atoms with E-state index in [1.807, 2.05) is 67.8 Å². The Morgan fingerprint density at radius 3 is 2.46 bits per heavy atom. The minimum atomic E-state index is -0.536. The number of urea groups is 1. The number of aromatic nitrogens is 5. The molecule has 0 spiro atoms. The normalized spacial score (nSPS) is 20.4. The van der Waals surface area contributed by atoms with E-state index >= 15 is 4.39 Å². The van der Waals surface area contributed by atoms with E-state index in [1.54, 1.807) is 6.07 Å². The van der Waals surface area contributed by atoms with Crippen LogP contribution in [0.25, 0.3) is 11.3 Å². The van der Waals surface area contributed by atoms with Gasteiger partial charge in [0.25, 0.3) is 0 Å². The highest BCUT2D eigenvalue weighted by Gasteiger charge is 2.32. The van der Waals surface area contributed by atoms with Crippen LogP contribution < -0.4 is 25.0 Å². The molecule has 2 aromatic carbocycles. The first-order valence-corrected chi connectivity index (χ1v) is 18.1. The number of halogens is 1. The van der Waals surface area contributed by atoms with Gasteiger partial charge in [-0.05, 0) is 81.3 Å². The Hall–Kier alpha value is -5.17. The monoisotopic (exact) mass is 710 g/mol. The van der Waals surface area contributed by atoms with Crippen molar-refractivity contribution in [2.24, 2.45) is 0 Å². The molecule has 0 saturated carbocycles. The highest BCUT2D eigenvalue weighted by Crippen LogP contribution is 2.39. The molecule has 1 saturated heterocycles. The van der Waals surface area contributed by atoms with Crippen LogP contribution >= 0.6 is 0 Å². The molecule has 2 aliphatic rings. The van der Waals surface area contributed by atoms with Gasteiger partial charge in [-0.15, -0.1) is 10.2 Å². The summed E-state index contributed by atoms with van der Waals surface area (Å²) in [6.07, 6.45) is 6.53. The third-order valence-corrected chi connectivity index (χ3v) is 10.0. The molecular formula is C39H47FN8O4. The first-order chi connectivity index (χ1) is 25.0. The molecule has 5 aromatic rings. The number of carbonyl (C=O) groups excluding carboxylic acids is 1. The van der Waals surface area contributed by atoms with Crippen LogP contribution in [0.2, 0.25) is 0 Å². The van der Waals surface area contributed by atoms with E-state index < -0.39 is 11.8 Å². The Labute approximate surface area is 303 Å². The van der Waals surface area contributed by atoms with Crippen molar-refractivity contribution in [1.82, 2.24) is 29.7 Å². The fourth-order valence-corrected chi connectivity index (χ4v) is 7.35. The number of aliphatic hydroxyl groups excluding tert-OH is 1. The highest BCUT2D eigenvalue weighted by atomic mass is 19.1. The van der Waals surface area contributed by atoms with Crippen molar-refractivity contribution in [1.29, 1.82) is 0 Å². The quantitative estimate of drug-likeness (QED) is 0.146. The number of amides is 2. The molecule has 3 aromatic heterocycles. The molecule has 13 heteroatoms. The molecule has 1 fully saturated rings. The number of anilines is 2. The number of rotatable bonds is 9. The number of ether oxygens (including phenoxy) is 2. The van der Waals surface area contributed by atoms with E-state index in [-0.39, 0.29) is 36.5 Å². The number of aliphatic hydroxyl groups is 1. The number of nitrogens with one attached hydrogen (secondary N) is 2. The maximum atomic E-state index is 15.2. The first kappa shape index (κ1) is 35.2. The second-order valence-electron chi connectivity index (χ2n) is 14.9. The summed E-state index contributed by atoms with van der Waals surface area (Å²) in [6.45, 7) is 10.4. The van der Waals surface area contributed by atoms with Gasteiger partial charge >= 0.3 is 6.03 Å². The predicted octanol–water partition coefficient (Wildman–Crippen LogP) is 7.27. The van der Waals surface area contributed by atoms with Crippen molar-refractivity contribution in [2.75, 3.05) is 23.4 Å². The van der Waals surface area contributed by atoms with Gasteiger partial charge in [0.2, 0.25) is 5.95 Å². The second kappa shape index (κ2) is 14.5. The molecule has 4 atom stereocenters. The third kappa shape index (κ3) is 7.14. The molecule has 0 unspecified atom stereocenters. The molecule has 1 aliphatic carbocycles. The van der Waals surface area contributed by atoms with Gasteiger partial charge in [-0.3, -0.25) is 9.72 Å². The zero-order chi connectivity index (χ0) is 36.6. The molecule has 4 heterocycles. The van der Waals surface area contributed by atoms with E-state index in [0.717, 1.165) is 41.3 Å². The summed E-state index contributed by atoms with van der Waals surface area (Å²) in [5, 5.41) is 28.9. The zero-order valence-corrected chi connectivity index (χ0v) is 30.3. The van der Waals surface area contributed by atoms with Gasteiger partial charge in [0, 0.05) is 29.6 Å². The lowest BCUT2D eigenvalue weighted by Crippen LogP contribution is -2.44. The van der Waals surface area contributed by atoms with Gasteiger partial charge in [-0.1, -0.05) is 45.0 Å². The van der Waals surface area contributed by atoms with Gasteiger partial charge < -0.3 is 24.8 Å². The summed E-state index contributed by atoms with van der Waals surface area (Å²) in [6, 6.07) is 17.9. The van der Waals surface area contributed by atoms with Crippen LogP contribution in [0.5, 0.6) is 11.5 Å². The Balaban J connectivity index is 1.10. The van der Waals surface area contributed by atoms with Crippen LogP contribution in [0.15, 0.2) is 66.9 Å². The zero-order valence-electron chi connectivity index (χ0n) is 30.3. The minimum Gasteiger partial charge on any atom is -0.491 e. The maximum absolute atomic E-state index is 15.2. The smallest absolute Gasteiger partial charge is 0.320 e. The molecule has 274 valence electrons. The van der Waals surface area contributed by atoms with Gasteiger partial charge in [-0.2, -0.15) is 5.10 Å². The van der Waals surface area contributed by atoms with Crippen LogP contribution in [-0.4, -0.2) is 60.8 Å². The number of hydrogen-bond acceptors (Lipinski definition) is 8. The largest absolute Gasteiger partial charge is 0.491 e. The summed E-state index contributed by atoms with van der Waals surface area (Å²) in [5.74, 6) is 1.70. The lowest BCUT2D eigenvalue weighted by molar-refractivity contribution is 0.171. The summed E-state index contributed by atoms with van der Waals surface area (Å²) in [5.41, 5.74) is 3.16. The van der Waals surface area contributed by atoms with E-state index in [2.05, 4.69) is 44.7 Å². The molecule has 1 aliphatic heterocycles. The summed E-state index contributed by atoms with van der Waals surface area (Å²) >= 11 is 0. The molecule has 12 nitrogen and oxygen atoms in total. The maximum Gasteiger partial charge on any atom is 0.320 e. The third-order valence-electron chi connectivity index (χ3n) is 10.0. The Bertz CT molecular complexity index is 2050. The number of fused-ring (bicyclic) bond motifs is 2. The SMILES string of the molecule is C[C@@H]1CCC[C@H](C)N1c1nnc2ccc(O[C@@H]3CC[C@H](NC(=O)Nc4cc(C(C)(C)C)nn4-c4cc(OCCO)ccc4F)c4ccccc43)cn12. The Morgan fingerprint density at radius 2 is 1.71 bits per heavy atom. The van der Waals surface area contributed by atoms with Crippen LogP contribution in [0.3, 0.4) is 0 Å². The van der Waals surface area contributed by atoms with Crippen LogP contribution in [0.4, 0.5) is 21.0 Å². The fraction of sp³-hybridized carbons (Fsp3) is 0.436. The van der Waals surface area contributed by atoms with E-state index in [1.165, 1.54) is 29.3 Å². The van der Waals surface area contributed by atoms with Crippen molar-refractivity contribution in [3.63, 3.8) is 0 Å². The lowest BCUT2D eigenvalue weighted by Gasteiger charge is -2.39. The molecule has 0 bridgehead atoms. The topological polar surface area (TPSA) is 131 Å². The van der Waals surface area contributed by atoms with E-state index in [4.69, 9.17) is 9.47 Å². The number of piperidine rings is 1. The standard InChI is InChI=1S/C39H47FN8O4/c1-24-9-8-10-25(2)47(24)38-44-43-35-18-14-27(23-46(35)38)52-33-17-16-31(28-11-6-7-12-29(28)33)41-37(50)42-36-22-34(39(3,4)5)45-48(36)32-21-26(51-20-19-49)13-15-30(32)40/h6-7,11-15,18,21-25,31,33,49H,8-10,16-17,19-20H2,1-5H3,(H2,41,42,50)/t24-,25+,31-,33+/m0/s1. The van der Waals surface area contributed by atoms with Crippen molar-refractivity contribution in [3.8, 4) is 17.2 Å². The number of pyridine rings is 1. The Kier molecular flexibility index (Phi) is 9.80. The second-order valence-corrected chi connectivity index (χ2v) is 14.9. The number of hydrogen-bond donors (Lipinski definition) is 3. The van der Waals surface area contributed by atoms with E-state index in [0.29, 0.717) is 42.2 Å². The molecule has 0 radical (unpaired) electrons. The van der Waals surface area contributed by atoms with E-state index in [9.17, 15) is 9.90 Å². The molecule has 2 amide bonds. The van der Waals surface area contributed by atoms with Gasteiger partial charge in [0.05, 0.1) is 24.5 Å². The van der Waals surface area contributed by atoms with Gasteiger partial charge in [-0.25, -0.2) is 13.9 Å². The number of carbonyl (C=O) groups is 1. The van der Waals surface area contributed by atoms with Crippen LogP contribution in [0.1, 0.15) is 95.7 Å². The molecule has 52 heavy (non-hydrogen) atoms. The lowest BCUT2D eigenvalue weighted by atomic mass is 9.85. The van der Waals surface area contributed by atoms with Crippen molar-refractivity contribution in [2.45, 2.75) is 96.4 Å². The van der Waals surface area contributed by atoms with Crippen molar-refractivity contribution < 1.29 is 23.8 Å². The first-order valence-electron chi connectivity index (χ1n) is 18.1. The predicted molar refractivity (Wildman–Crippen MR) is 197 cm³/mol. The average Bonchev–Trinajstić information content (AvgIpc) is 3.73. The number of nitrogens with zero attached hydrogens (tertiary/aromatic N) is 6. The van der Waals surface area contributed by atoms with Gasteiger partial charge in [0.15, 0.2) is 5.65 Å². The summed E-state index contributed by atoms with van der Waals surface area (Å²) in [4.78, 5) is 16.0. The minimum absolute atomic E-state index is 0.0648. The highest BCUT2D eigenvalue weighted by molar-refractivity contribution is 5.89. The van der Waals surface area contributed by atoms with Gasteiger partial charge in [0.1, 0.15) is 41.5 Å². The van der Waals surface area contributed by atoms with Crippen molar-refractivity contribution in [3.05, 3.63) is 89.5 Å². The molecule has 3 N–H and O–H groups in total. The molecule has 7 rings (SSSR count). The fourth-order valence-electron chi connectivity index (χ4n) is 7.35.